The van der Waals surface area contributed by atoms with Crippen molar-refractivity contribution in [2.45, 2.75) is 38.8 Å². The quantitative estimate of drug-likeness (QED) is 0.929. The topological polar surface area (TPSA) is 50.8 Å². The van der Waals surface area contributed by atoms with Crippen molar-refractivity contribution < 1.29 is 14.3 Å². The zero-order chi connectivity index (χ0) is 16.1. The van der Waals surface area contributed by atoms with E-state index in [9.17, 15) is 4.79 Å². The molecule has 0 aromatic heterocycles. The number of piperidine rings is 1. The van der Waals surface area contributed by atoms with Gasteiger partial charge in [0.25, 0.3) is 0 Å². The zero-order valence-corrected chi connectivity index (χ0v) is 13.9. The SMILES string of the molecule is COC(=O)N1CCC(NC(C)c2ccc(OC)c(C)c2)CC1. The van der Waals surface area contributed by atoms with Gasteiger partial charge in [0, 0.05) is 25.2 Å². The Bertz CT molecular complexity index is 511. The highest BCUT2D eigenvalue weighted by Gasteiger charge is 2.24. The van der Waals surface area contributed by atoms with Crippen LogP contribution in [0.2, 0.25) is 0 Å². The zero-order valence-electron chi connectivity index (χ0n) is 13.9. The van der Waals surface area contributed by atoms with Crippen molar-refractivity contribution in [3.8, 4) is 5.75 Å². The van der Waals surface area contributed by atoms with Crippen LogP contribution in [-0.4, -0.2) is 44.3 Å². The third-order valence-corrected chi connectivity index (χ3v) is 4.33. The molecule has 1 heterocycles. The molecule has 1 N–H and O–H groups in total. The molecule has 1 unspecified atom stereocenters. The second-order valence-corrected chi connectivity index (χ2v) is 5.85. The summed E-state index contributed by atoms with van der Waals surface area (Å²) in [6.45, 7) is 5.73. The predicted octanol–water partition coefficient (Wildman–Crippen LogP) is 2.89. The van der Waals surface area contributed by atoms with Crippen LogP contribution in [0.4, 0.5) is 4.79 Å². The Hall–Kier alpha value is -1.75. The maximum Gasteiger partial charge on any atom is 0.409 e. The highest BCUT2D eigenvalue weighted by Crippen LogP contribution is 2.23. The van der Waals surface area contributed by atoms with Crippen LogP contribution in [0.1, 0.15) is 36.9 Å². The number of rotatable bonds is 4. The Morgan fingerprint density at radius 1 is 1.32 bits per heavy atom. The molecule has 0 radical (unpaired) electrons. The molecule has 1 saturated heterocycles. The van der Waals surface area contributed by atoms with Crippen LogP contribution in [-0.2, 0) is 4.74 Å². The van der Waals surface area contributed by atoms with E-state index in [1.165, 1.54) is 12.7 Å². The fraction of sp³-hybridized carbons (Fsp3) is 0.588. The Morgan fingerprint density at radius 2 is 2.00 bits per heavy atom. The van der Waals surface area contributed by atoms with Gasteiger partial charge in [-0.3, -0.25) is 0 Å². The van der Waals surface area contributed by atoms with E-state index in [0.717, 1.165) is 37.2 Å². The van der Waals surface area contributed by atoms with Crippen molar-refractivity contribution in [1.82, 2.24) is 10.2 Å². The lowest BCUT2D eigenvalue weighted by Crippen LogP contribution is -2.45. The average Bonchev–Trinajstić information content (AvgIpc) is 2.54. The van der Waals surface area contributed by atoms with E-state index in [1.807, 2.05) is 6.07 Å². The molecular formula is C17H26N2O3. The van der Waals surface area contributed by atoms with Crippen molar-refractivity contribution in [3.05, 3.63) is 29.3 Å². The van der Waals surface area contributed by atoms with E-state index in [-0.39, 0.29) is 12.1 Å². The fourth-order valence-electron chi connectivity index (χ4n) is 2.98. The van der Waals surface area contributed by atoms with Crippen LogP contribution in [0.3, 0.4) is 0 Å². The van der Waals surface area contributed by atoms with Gasteiger partial charge in [-0.1, -0.05) is 12.1 Å². The second-order valence-electron chi connectivity index (χ2n) is 5.85. The number of benzene rings is 1. The number of methoxy groups -OCH3 is 2. The molecule has 5 nitrogen and oxygen atoms in total. The summed E-state index contributed by atoms with van der Waals surface area (Å²) in [5.74, 6) is 0.919. The molecule has 1 atom stereocenters. The van der Waals surface area contributed by atoms with Gasteiger partial charge >= 0.3 is 6.09 Å². The lowest BCUT2D eigenvalue weighted by Gasteiger charge is -2.33. The van der Waals surface area contributed by atoms with Gasteiger partial charge in [-0.25, -0.2) is 4.79 Å². The van der Waals surface area contributed by atoms with Crippen LogP contribution in [0, 0.1) is 6.92 Å². The summed E-state index contributed by atoms with van der Waals surface area (Å²) in [4.78, 5) is 13.3. The molecule has 2 rings (SSSR count). The number of carbonyl (C=O) groups excluding carboxylic acids is 1. The highest BCUT2D eigenvalue weighted by atomic mass is 16.5. The van der Waals surface area contributed by atoms with Crippen LogP contribution in [0.5, 0.6) is 5.75 Å². The Morgan fingerprint density at radius 3 is 2.55 bits per heavy atom. The number of nitrogens with zero attached hydrogens (tertiary/aromatic N) is 1. The predicted molar refractivity (Wildman–Crippen MR) is 86.3 cm³/mol. The standard InChI is InChI=1S/C17H26N2O3/c1-12-11-14(5-6-16(12)21-3)13(2)18-15-7-9-19(10-8-15)17(20)22-4/h5-6,11,13,15,18H,7-10H2,1-4H3. The molecule has 0 aliphatic carbocycles. The van der Waals surface area contributed by atoms with Gasteiger partial charge < -0.3 is 19.7 Å². The van der Waals surface area contributed by atoms with Gasteiger partial charge in [0.1, 0.15) is 5.75 Å². The number of hydrogen-bond acceptors (Lipinski definition) is 4. The number of likely N-dealkylation sites (tertiary alicyclic amines) is 1. The minimum Gasteiger partial charge on any atom is -0.496 e. The van der Waals surface area contributed by atoms with E-state index < -0.39 is 0 Å². The summed E-state index contributed by atoms with van der Waals surface area (Å²) in [7, 11) is 3.12. The molecule has 122 valence electrons. The van der Waals surface area contributed by atoms with E-state index >= 15 is 0 Å². The summed E-state index contributed by atoms with van der Waals surface area (Å²) in [6, 6.07) is 6.99. The highest BCUT2D eigenvalue weighted by molar-refractivity contribution is 5.67. The maximum atomic E-state index is 11.5. The minimum absolute atomic E-state index is 0.225. The van der Waals surface area contributed by atoms with Gasteiger partial charge in [-0.2, -0.15) is 0 Å². The molecule has 1 aromatic rings. The fourth-order valence-corrected chi connectivity index (χ4v) is 2.98. The van der Waals surface area contributed by atoms with Crippen molar-refractivity contribution in [2.24, 2.45) is 0 Å². The molecule has 0 saturated carbocycles. The van der Waals surface area contributed by atoms with Crippen LogP contribution < -0.4 is 10.1 Å². The van der Waals surface area contributed by atoms with Crippen LogP contribution in [0.25, 0.3) is 0 Å². The lowest BCUT2D eigenvalue weighted by atomic mass is 10.0. The van der Waals surface area contributed by atoms with Gasteiger partial charge in [0.2, 0.25) is 0 Å². The summed E-state index contributed by atoms with van der Waals surface area (Å²) in [5.41, 5.74) is 2.41. The van der Waals surface area contributed by atoms with E-state index in [4.69, 9.17) is 9.47 Å². The summed E-state index contributed by atoms with van der Waals surface area (Å²) >= 11 is 0. The Labute approximate surface area is 132 Å². The second kappa shape index (κ2) is 7.49. The van der Waals surface area contributed by atoms with Gasteiger partial charge in [-0.15, -0.1) is 0 Å². The molecule has 1 amide bonds. The van der Waals surface area contributed by atoms with Gasteiger partial charge in [0.05, 0.1) is 14.2 Å². The van der Waals surface area contributed by atoms with Crippen LogP contribution >= 0.6 is 0 Å². The number of hydrogen-bond donors (Lipinski definition) is 1. The van der Waals surface area contributed by atoms with Crippen molar-refractivity contribution in [1.29, 1.82) is 0 Å². The largest absolute Gasteiger partial charge is 0.496 e. The molecule has 5 heteroatoms. The molecule has 1 aromatic carbocycles. The Kier molecular flexibility index (Phi) is 5.66. The van der Waals surface area contributed by atoms with E-state index in [0.29, 0.717) is 6.04 Å². The summed E-state index contributed by atoms with van der Waals surface area (Å²) < 4.78 is 10.1. The minimum atomic E-state index is -0.225. The first-order valence-electron chi connectivity index (χ1n) is 7.78. The van der Waals surface area contributed by atoms with Crippen molar-refractivity contribution in [2.75, 3.05) is 27.3 Å². The maximum absolute atomic E-state index is 11.5. The van der Waals surface area contributed by atoms with Crippen molar-refractivity contribution in [3.63, 3.8) is 0 Å². The Balaban J connectivity index is 1.89. The van der Waals surface area contributed by atoms with Gasteiger partial charge in [-0.05, 0) is 43.9 Å². The van der Waals surface area contributed by atoms with E-state index in [2.05, 4.69) is 31.3 Å². The average molecular weight is 306 g/mol. The molecule has 0 spiro atoms. The third kappa shape index (κ3) is 3.91. The molecule has 1 aliphatic rings. The smallest absolute Gasteiger partial charge is 0.409 e. The van der Waals surface area contributed by atoms with Crippen LogP contribution in [0.15, 0.2) is 18.2 Å². The molecular weight excluding hydrogens is 280 g/mol. The molecule has 1 fully saturated rings. The number of carbonyl (C=O) groups is 1. The first-order chi connectivity index (χ1) is 10.5. The number of aryl methyl sites for hydroxylation is 1. The lowest BCUT2D eigenvalue weighted by molar-refractivity contribution is 0.109. The number of nitrogens with one attached hydrogen (secondary N) is 1. The monoisotopic (exact) mass is 306 g/mol. The van der Waals surface area contributed by atoms with Gasteiger partial charge in [0.15, 0.2) is 0 Å². The van der Waals surface area contributed by atoms with E-state index in [1.54, 1.807) is 12.0 Å². The summed E-state index contributed by atoms with van der Waals surface area (Å²) in [6.07, 6.45) is 1.68. The third-order valence-electron chi connectivity index (χ3n) is 4.33. The molecule has 0 bridgehead atoms. The molecule has 22 heavy (non-hydrogen) atoms. The first-order valence-corrected chi connectivity index (χ1v) is 7.78. The number of amides is 1. The molecule has 1 aliphatic heterocycles. The number of ether oxygens (including phenoxy) is 2. The normalized spacial score (nSPS) is 17.2. The summed E-state index contributed by atoms with van der Waals surface area (Å²) in [5, 5.41) is 3.66. The van der Waals surface area contributed by atoms with Crippen molar-refractivity contribution >= 4 is 6.09 Å². The first kappa shape index (κ1) is 16.6.